The van der Waals surface area contributed by atoms with E-state index in [1.54, 1.807) is 24.4 Å². The Morgan fingerprint density at radius 3 is 2.50 bits per heavy atom. The number of sulfonamides is 1. The number of aromatic nitrogens is 2. The summed E-state index contributed by atoms with van der Waals surface area (Å²) in [5, 5.41) is 3.15. The highest BCUT2D eigenvalue weighted by Gasteiger charge is 2.15. The smallest absolute Gasteiger partial charge is 0.279 e. The molecule has 0 aliphatic carbocycles. The highest BCUT2D eigenvalue weighted by Crippen LogP contribution is 2.13. The molecule has 0 amide bonds. The van der Waals surface area contributed by atoms with E-state index in [1.807, 2.05) is 6.92 Å². The van der Waals surface area contributed by atoms with Crippen LogP contribution < -0.4 is 10.0 Å². The van der Waals surface area contributed by atoms with Crippen LogP contribution in [0.5, 0.6) is 0 Å². The summed E-state index contributed by atoms with van der Waals surface area (Å²) in [6.07, 6.45) is 4.60. The van der Waals surface area contributed by atoms with Crippen molar-refractivity contribution in [1.82, 2.24) is 15.3 Å². The second kappa shape index (κ2) is 6.44. The molecule has 2 aromatic heterocycles. The zero-order chi connectivity index (χ0) is 14.4. The van der Waals surface area contributed by atoms with Gasteiger partial charge in [0.1, 0.15) is 0 Å². The highest BCUT2D eigenvalue weighted by molar-refractivity contribution is 7.92. The van der Waals surface area contributed by atoms with Crippen LogP contribution in [0.2, 0.25) is 0 Å². The number of rotatable bonds is 6. The maximum absolute atomic E-state index is 12.1. The number of nitrogens with zero attached hydrogens (tertiary/aromatic N) is 2. The summed E-state index contributed by atoms with van der Waals surface area (Å²) < 4.78 is 26.7. The molecule has 7 heteroatoms. The minimum absolute atomic E-state index is 0.00504. The van der Waals surface area contributed by atoms with Crippen LogP contribution in [0.3, 0.4) is 0 Å². The number of anilines is 1. The molecule has 0 saturated heterocycles. The van der Waals surface area contributed by atoms with Gasteiger partial charge in [-0.05, 0) is 30.3 Å². The molecule has 2 heterocycles. The first-order valence-electron chi connectivity index (χ1n) is 6.20. The van der Waals surface area contributed by atoms with Gasteiger partial charge in [0.25, 0.3) is 10.0 Å². The van der Waals surface area contributed by atoms with Gasteiger partial charge >= 0.3 is 0 Å². The summed E-state index contributed by atoms with van der Waals surface area (Å²) in [6.45, 7) is 3.52. The lowest BCUT2D eigenvalue weighted by Gasteiger charge is -2.07. The Kier molecular flexibility index (Phi) is 4.65. The Morgan fingerprint density at radius 2 is 1.90 bits per heavy atom. The highest BCUT2D eigenvalue weighted by atomic mass is 32.2. The Morgan fingerprint density at radius 1 is 1.15 bits per heavy atom. The van der Waals surface area contributed by atoms with E-state index in [9.17, 15) is 8.42 Å². The molecule has 0 atom stereocenters. The van der Waals surface area contributed by atoms with Gasteiger partial charge in [-0.15, -0.1) is 0 Å². The van der Waals surface area contributed by atoms with Gasteiger partial charge < -0.3 is 5.32 Å². The van der Waals surface area contributed by atoms with Gasteiger partial charge in [0.15, 0.2) is 5.03 Å². The van der Waals surface area contributed by atoms with Crippen molar-refractivity contribution in [2.24, 2.45) is 0 Å². The summed E-state index contributed by atoms with van der Waals surface area (Å²) in [7, 11) is -3.66. The molecule has 0 aliphatic heterocycles. The van der Waals surface area contributed by atoms with Gasteiger partial charge in [0, 0.05) is 25.1 Å². The van der Waals surface area contributed by atoms with E-state index >= 15 is 0 Å². The second-order valence-electron chi connectivity index (χ2n) is 4.13. The molecule has 0 saturated carbocycles. The number of nitrogens with one attached hydrogen (secondary N) is 2. The van der Waals surface area contributed by atoms with Gasteiger partial charge in [-0.3, -0.25) is 9.71 Å². The van der Waals surface area contributed by atoms with E-state index in [4.69, 9.17) is 0 Å². The van der Waals surface area contributed by atoms with Crippen molar-refractivity contribution in [2.75, 3.05) is 11.3 Å². The van der Waals surface area contributed by atoms with Crippen LogP contribution in [0.4, 0.5) is 5.69 Å². The van der Waals surface area contributed by atoms with Gasteiger partial charge in [-0.1, -0.05) is 13.0 Å². The van der Waals surface area contributed by atoms with E-state index in [-0.39, 0.29) is 5.03 Å². The first-order chi connectivity index (χ1) is 9.62. The van der Waals surface area contributed by atoms with Crippen LogP contribution in [0.25, 0.3) is 0 Å². The van der Waals surface area contributed by atoms with Crippen LogP contribution >= 0.6 is 0 Å². The second-order valence-corrected chi connectivity index (χ2v) is 5.76. The maximum Gasteiger partial charge on any atom is 0.279 e. The third-order valence-corrected chi connectivity index (χ3v) is 3.88. The van der Waals surface area contributed by atoms with Crippen molar-refractivity contribution >= 4 is 15.7 Å². The summed E-state index contributed by atoms with van der Waals surface area (Å²) >= 11 is 0. The largest absolute Gasteiger partial charge is 0.313 e. The summed E-state index contributed by atoms with van der Waals surface area (Å²) in [4.78, 5) is 7.82. The van der Waals surface area contributed by atoms with Crippen LogP contribution in [0.1, 0.15) is 12.5 Å². The first kappa shape index (κ1) is 14.4. The molecule has 0 aliphatic rings. The van der Waals surface area contributed by atoms with E-state index in [0.717, 1.165) is 12.1 Å². The van der Waals surface area contributed by atoms with E-state index in [1.165, 1.54) is 18.5 Å². The van der Waals surface area contributed by atoms with Gasteiger partial charge in [0.2, 0.25) is 0 Å². The molecule has 0 radical (unpaired) electrons. The lowest BCUT2D eigenvalue weighted by Crippen LogP contribution is -2.15. The van der Waals surface area contributed by atoms with Crippen LogP contribution in [0, 0.1) is 0 Å². The van der Waals surface area contributed by atoms with Crippen LogP contribution in [-0.2, 0) is 16.6 Å². The Hall–Kier alpha value is -1.99. The van der Waals surface area contributed by atoms with Gasteiger partial charge in [0.05, 0.1) is 5.69 Å². The lowest BCUT2D eigenvalue weighted by atomic mass is 10.3. The zero-order valence-electron chi connectivity index (χ0n) is 11.1. The van der Waals surface area contributed by atoms with E-state index in [0.29, 0.717) is 12.2 Å². The fraction of sp³-hybridized carbons (Fsp3) is 0.231. The standard InChI is InChI=1S/C13H16N4O2S/c1-2-14-9-11-3-4-13(16-10-11)20(18,19)17-12-5-7-15-8-6-12/h3-8,10,14H,2,9H2,1H3,(H,15,17). The molecule has 106 valence electrons. The summed E-state index contributed by atoms with van der Waals surface area (Å²) in [5.74, 6) is 0. The first-order valence-corrected chi connectivity index (χ1v) is 7.68. The average molecular weight is 292 g/mol. The Balaban J connectivity index is 2.13. The monoisotopic (exact) mass is 292 g/mol. The maximum atomic E-state index is 12.1. The molecule has 2 rings (SSSR count). The van der Waals surface area contributed by atoms with Crippen LogP contribution in [0.15, 0.2) is 47.9 Å². The van der Waals surface area contributed by atoms with Crippen LogP contribution in [-0.4, -0.2) is 24.9 Å². The van der Waals surface area contributed by atoms with Crippen molar-refractivity contribution in [3.63, 3.8) is 0 Å². The number of hydrogen-bond acceptors (Lipinski definition) is 5. The quantitative estimate of drug-likeness (QED) is 0.840. The number of pyridine rings is 2. The molecule has 2 aromatic rings. The molecule has 0 bridgehead atoms. The molecule has 0 fully saturated rings. The zero-order valence-corrected chi connectivity index (χ0v) is 11.9. The Labute approximate surface area is 118 Å². The topological polar surface area (TPSA) is 84.0 Å². The number of hydrogen-bond donors (Lipinski definition) is 2. The van der Waals surface area contributed by atoms with Crippen molar-refractivity contribution in [1.29, 1.82) is 0 Å². The fourth-order valence-corrected chi connectivity index (χ4v) is 2.56. The molecule has 0 spiro atoms. The van der Waals surface area contributed by atoms with Crippen molar-refractivity contribution in [3.05, 3.63) is 48.4 Å². The van der Waals surface area contributed by atoms with Gasteiger partial charge in [-0.2, -0.15) is 8.42 Å². The Bertz CT molecular complexity index is 642. The lowest BCUT2D eigenvalue weighted by molar-refractivity contribution is 0.597. The third-order valence-electron chi connectivity index (χ3n) is 2.58. The van der Waals surface area contributed by atoms with E-state index < -0.39 is 10.0 Å². The minimum Gasteiger partial charge on any atom is -0.313 e. The molecular weight excluding hydrogens is 276 g/mol. The summed E-state index contributed by atoms with van der Waals surface area (Å²) in [6, 6.07) is 6.40. The molecule has 6 nitrogen and oxygen atoms in total. The SMILES string of the molecule is CCNCc1ccc(S(=O)(=O)Nc2ccncc2)nc1. The van der Waals surface area contributed by atoms with Crippen molar-refractivity contribution < 1.29 is 8.42 Å². The average Bonchev–Trinajstić information content (AvgIpc) is 2.46. The molecular formula is C13H16N4O2S. The molecule has 2 N–H and O–H groups in total. The predicted molar refractivity (Wildman–Crippen MR) is 76.7 cm³/mol. The fourth-order valence-electron chi connectivity index (χ4n) is 1.57. The van der Waals surface area contributed by atoms with Gasteiger partial charge in [-0.25, -0.2) is 4.98 Å². The van der Waals surface area contributed by atoms with Crippen molar-refractivity contribution in [2.45, 2.75) is 18.5 Å². The third kappa shape index (κ3) is 3.75. The minimum atomic E-state index is -3.66. The molecule has 20 heavy (non-hydrogen) atoms. The predicted octanol–water partition coefficient (Wildman–Crippen LogP) is 1.39. The normalized spacial score (nSPS) is 11.2. The summed E-state index contributed by atoms with van der Waals surface area (Å²) in [5.41, 5.74) is 1.40. The molecule has 0 unspecified atom stereocenters. The van der Waals surface area contributed by atoms with E-state index in [2.05, 4.69) is 20.0 Å². The van der Waals surface area contributed by atoms with Crippen molar-refractivity contribution in [3.8, 4) is 0 Å². The molecule has 0 aromatic carbocycles.